The van der Waals surface area contributed by atoms with Gasteiger partial charge in [0.2, 0.25) is 0 Å². The number of likely N-dealkylation sites (tertiary alicyclic amines) is 1. The molecule has 3 heterocycles. The quantitative estimate of drug-likeness (QED) is 0.291. The van der Waals surface area contributed by atoms with E-state index in [2.05, 4.69) is 18.8 Å². The van der Waals surface area contributed by atoms with E-state index in [0.29, 0.717) is 37.0 Å². The highest BCUT2D eigenvalue weighted by Gasteiger charge is 2.47. The number of aliphatic hydroxyl groups is 1. The summed E-state index contributed by atoms with van der Waals surface area (Å²) in [4.78, 5) is 31.3. The first-order valence-electron chi connectivity index (χ1n) is 12.1. The molecule has 0 radical (unpaired) electrons. The summed E-state index contributed by atoms with van der Waals surface area (Å²) in [5, 5.41) is 12.2. The minimum absolute atomic E-state index is 0.0913. The third-order valence-electron chi connectivity index (χ3n) is 6.59. The number of rotatable bonds is 7. The van der Waals surface area contributed by atoms with E-state index < -0.39 is 17.7 Å². The lowest BCUT2D eigenvalue weighted by atomic mass is 9.94. The Morgan fingerprint density at radius 1 is 1.17 bits per heavy atom. The Kier molecular flexibility index (Phi) is 6.34. The van der Waals surface area contributed by atoms with Gasteiger partial charge < -0.3 is 24.5 Å². The van der Waals surface area contributed by atoms with Crippen LogP contribution in [0.4, 0.5) is 0 Å². The van der Waals surface area contributed by atoms with E-state index in [0.717, 1.165) is 29.3 Å². The van der Waals surface area contributed by atoms with Gasteiger partial charge in [-0.1, -0.05) is 32.0 Å². The highest BCUT2D eigenvalue weighted by Crippen LogP contribution is 2.42. The SMILES string of the molecule is CC(C)COc1ccc(/C(O)=C2\C(=O)C(=O)N(CC3CCCO3)C2c2c[nH]c3ccccc23)cc1. The van der Waals surface area contributed by atoms with E-state index in [1.807, 2.05) is 30.5 Å². The van der Waals surface area contributed by atoms with Gasteiger partial charge in [-0.25, -0.2) is 0 Å². The fourth-order valence-corrected chi connectivity index (χ4v) is 4.85. The average Bonchev–Trinajstić information content (AvgIpc) is 3.58. The lowest BCUT2D eigenvalue weighted by Crippen LogP contribution is -2.36. The van der Waals surface area contributed by atoms with Crippen LogP contribution in [0.15, 0.2) is 60.3 Å². The van der Waals surface area contributed by atoms with Gasteiger partial charge in [0, 0.05) is 41.4 Å². The van der Waals surface area contributed by atoms with Crippen molar-refractivity contribution >= 4 is 28.4 Å². The number of aliphatic hydroxyl groups excluding tert-OH is 1. The lowest BCUT2D eigenvalue weighted by Gasteiger charge is -2.27. The molecule has 2 unspecified atom stereocenters. The molecule has 2 atom stereocenters. The normalized spacial score (nSPS) is 22.0. The Hall–Kier alpha value is -3.58. The van der Waals surface area contributed by atoms with Gasteiger partial charge in [-0.05, 0) is 49.1 Å². The second-order valence-corrected chi connectivity index (χ2v) is 9.61. The molecule has 35 heavy (non-hydrogen) atoms. The highest BCUT2D eigenvalue weighted by molar-refractivity contribution is 6.46. The van der Waals surface area contributed by atoms with Crippen molar-refractivity contribution in [3.63, 3.8) is 0 Å². The molecular formula is C28H30N2O5. The second kappa shape index (κ2) is 9.58. The first-order valence-corrected chi connectivity index (χ1v) is 12.1. The Morgan fingerprint density at radius 2 is 1.94 bits per heavy atom. The molecule has 2 aliphatic heterocycles. The van der Waals surface area contributed by atoms with Crippen LogP contribution in [0, 0.1) is 5.92 Å². The van der Waals surface area contributed by atoms with Gasteiger partial charge in [-0.2, -0.15) is 0 Å². The number of hydrogen-bond donors (Lipinski definition) is 2. The predicted molar refractivity (Wildman–Crippen MR) is 133 cm³/mol. The number of hydrogen-bond acceptors (Lipinski definition) is 5. The fraction of sp³-hybridized carbons (Fsp3) is 0.357. The van der Waals surface area contributed by atoms with E-state index in [4.69, 9.17) is 9.47 Å². The van der Waals surface area contributed by atoms with Crippen LogP contribution < -0.4 is 4.74 Å². The van der Waals surface area contributed by atoms with Crippen LogP contribution in [0.2, 0.25) is 0 Å². The summed E-state index contributed by atoms with van der Waals surface area (Å²) in [5.41, 5.74) is 2.23. The molecule has 7 heteroatoms. The standard InChI is InChI=1S/C28H30N2O5/c1-17(2)16-35-19-11-9-18(10-12-19)26(31)24-25(22-14-29-23-8-4-3-7-21(22)23)30(28(33)27(24)32)15-20-6-5-13-34-20/h3-4,7-12,14,17,20,25,29,31H,5-6,13,15-16H2,1-2H3/b26-24+. The van der Waals surface area contributed by atoms with Gasteiger partial charge in [-0.15, -0.1) is 0 Å². The zero-order chi connectivity index (χ0) is 24.5. The molecule has 2 aliphatic rings. The van der Waals surface area contributed by atoms with Crippen LogP contribution in [0.1, 0.15) is 43.9 Å². The van der Waals surface area contributed by atoms with E-state index in [1.54, 1.807) is 29.2 Å². The third kappa shape index (κ3) is 4.44. The summed E-state index contributed by atoms with van der Waals surface area (Å²) >= 11 is 0. The van der Waals surface area contributed by atoms with Gasteiger partial charge in [0.1, 0.15) is 11.5 Å². The zero-order valence-electron chi connectivity index (χ0n) is 20.0. The number of ketones is 1. The molecule has 0 bridgehead atoms. The molecular weight excluding hydrogens is 444 g/mol. The number of carbonyl (C=O) groups is 2. The van der Waals surface area contributed by atoms with Crippen molar-refractivity contribution in [1.82, 2.24) is 9.88 Å². The van der Waals surface area contributed by atoms with Crippen LogP contribution in [-0.2, 0) is 14.3 Å². The Labute approximate surface area is 204 Å². The molecule has 1 aromatic heterocycles. The van der Waals surface area contributed by atoms with Crippen molar-refractivity contribution in [3.8, 4) is 5.75 Å². The van der Waals surface area contributed by atoms with Crippen molar-refractivity contribution in [2.45, 2.75) is 38.8 Å². The minimum Gasteiger partial charge on any atom is -0.507 e. The van der Waals surface area contributed by atoms with Gasteiger partial charge in [-0.3, -0.25) is 9.59 Å². The number of aromatic nitrogens is 1. The summed E-state index contributed by atoms with van der Waals surface area (Å²) in [5.74, 6) is -0.421. The fourth-order valence-electron chi connectivity index (χ4n) is 4.85. The number of aromatic amines is 1. The van der Waals surface area contributed by atoms with Crippen molar-refractivity contribution in [3.05, 3.63) is 71.4 Å². The number of Topliss-reactive ketones (excluding diaryl/α,β-unsaturated/α-hetero) is 1. The third-order valence-corrected chi connectivity index (χ3v) is 6.59. The zero-order valence-corrected chi connectivity index (χ0v) is 20.0. The number of ether oxygens (including phenoxy) is 2. The molecule has 7 nitrogen and oxygen atoms in total. The summed E-state index contributed by atoms with van der Waals surface area (Å²) < 4.78 is 11.5. The van der Waals surface area contributed by atoms with Crippen LogP contribution >= 0.6 is 0 Å². The molecule has 2 N–H and O–H groups in total. The topological polar surface area (TPSA) is 91.9 Å². The largest absolute Gasteiger partial charge is 0.507 e. The van der Waals surface area contributed by atoms with Gasteiger partial charge in [0.15, 0.2) is 0 Å². The molecule has 2 fully saturated rings. The van der Waals surface area contributed by atoms with Crippen LogP contribution in [0.5, 0.6) is 5.75 Å². The number of amides is 1. The van der Waals surface area contributed by atoms with E-state index >= 15 is 0 Å². The Balaban J connectivity index is 1.57. The maximum Gasteiger partial charge on any atom is 0.295 e. The van der Waals surface area contributed by atoms with E-state index in [-0.39, 0.29) is 17.4 Å². The summed E-state index contributed by atoms with van der Waals surface area (Å²) in [6, 6.07) is 14.0. The number of carbonyl (C=O) groups excluding carboxylic acids is 2. The van der Waals surface area contributed by atoms with Crippen LogP contribution in [-0.4, -0.2) is 52.5 Å². The number of nitrogens with one attached hydrogen (secondary N) is 1. The molecule has 1 amide bonds. The number of fused-ring (bicyclic) bond motifs is 1. The van der Waals surface area contributed by atoms with Crippen molar-refractivity contribution < 1.29 is 24.2 Å². The van der Waals surface area contributed by atoms with Crippen molar-refractivity contribution in [2.24, 2.45) is 5.92 Å². The molecule has 2 aromatic carbocycles. The Morgan fingerprint density at radius 3 is 2.66 bits per heavy atom. The summed E-state index contributed by atoms with van der Waals surface area (Å²) in [6.45, 7) is 5.67. The second-order valence-electron chi connectivity index (χ2n) is 9.61. The molecule has 182 valence electrons. The van der Waals surface area contributed by atoms with Gasteiger partial charge in [0.25, 0.3) is 11.7 Å². The maximum absolute atomic E-state index is 13.3. The van der Waals surface area contributed by atoms with Crippen LogP contribution in [0.25, 0.3) is 16.7 Å². The first-order chi connectivity index (χ1) is 16.9. The summed E-state index contributed by atoms with van der Waals surface area (Å²) in [6.07, 6.45) is 3.46. The number of H-pyrrole nitrogens is 1. The molecule has 0 spiro atoms. The number of benzene rings is 2. The Bertz CT molecular complexity index is 1270. The number of nitrogens with zero attached hydrogens (tertiary/aromatic N) is 1. The van der Waals surface area contributed by atoms with E-state index in [1.165, 1.54) is 0 Å². The number of para-hydroxylation sites is 1. The molecule has 5 rings (SSSR count). The maximum atomic E-state index is 13.3. The molecule has 0 saturated carbocycles. The minimum atomic E-state index is -0.716. The average molecular weight is 475 g/mol. The van der Waals surface area contributed by atoms with Crippen molar-refractivity contribution in [2.75, 3.05) is 19.8 Å². The molecule has 2 saturated heterocycles. The highest BCUT2D eigenvalue weighted by atomic mass is 16.5. The van der Waals surface area contributed by atoms with Gasteiger partial charge >= 0.3 is 0 Å². The molecule has 0 aliphatic carbocycles. The summed E-state index contributed by atoms with van der Waals surface area (Å²) in [7, 11) is 0. The van der Waals surface area contributed by atoms with Gasteiger partial charge in [0.05, 0.1) is 24.3 Å². The lowest BCUT2D eigenvalue weighted by molar-refractivity contribution is -0.140. The van der Waals surface area contributed by atoms with Crippen molar-refractivity contribution in [1.29, 1.82) is 0 Å². The molecule has 3 aromatic rings. The van der Waals surface area contributed by atoms with E-state index in [9.17, 15) is 14.7 Å². The smallest absolute Gasteiger partial charge is 0.295 e. The first kappa shape index (κ1) is 23.2. The predicted octanol–water partition coefficient (Wildman–Crippen LogP) is 4.80. The monoisotopic (exact) mass is 474 g/mol. The van der Waals surface area contributed by atoms with Crippen LogP contribution in [0.3, 0.4) is 0 Å².